The molecule has 2 saturated carbocycles. The Hall–Kier alpha value is -0.990. The monoisotopic (exact) mass is 366 g/mol. The zero-order chi connectivity index (χ0) is 18.5. The first-order valence-electron chi connectivity index (χ1n) is 10.7. The quantitative estimate of drug-likeness (QED) is 0.451. The summed E-state index contributed by atoms with van der Waals surface area (Å²) < 4.78 is 40.6. The average molecular weight is 367 g/mol. The van der Waals surface area contributed by atoms with Gasteiger partial charge in [0, 0.05) is 0 Å². The lowest BCUT2D eigenvalue weighted by molar-refractivity contribution is 0.223. The van der Waals surface area contributed by atoms with Crippen LogP contribution in [0.25, 0.3) is 0 Å². The van der Waals surface area contributed by atoms with Crippen molar-refractivity contribution in [3.63, 3.8) is 0 Å². The first-order valence-corrected chi connectivity index (χ1v) is 10.7. The standard InChI is InChI=1S/C23H33F3/c1-2-3-16-4-6-17(7-5-16)8-9-18-10-12-19(13-11-18)20-14-15-21(24)23(26)22(20)25/h14-19H,2-13H2,1H3. The first-order chi connectivity index (χ1) is 12.6. The van der Waals surface area contributed by atoms with E-state index in [9.17, 15) is 13.2 Å². The summed E-state index contributed by atoms with van der Waals surface area (Å²) >= 11 is 0. The van der Waals surface area contributed by atoms with Crippen LogP contribution in [0.3, 0.4) is 0 Å². The molecule has 2 aliphatic rings. The van der Waals surface area contributed by atoms with Crippen LogP contribution in [0.4, 0.5) is 13.2 Å². The van der Waals surface area contributed by atoms with E-state index in [0.717, 1.165) is 49.5 Å². The summed E-state index contributed by atoms with van der Waals surface area (Å²) in [5.74, 6) is -0.727. The molecule has 0 saturated heterocycles. The second-order valence-electron chi connectivity index (χ2n) is 8.74. The van der Waals surface area contributed by atoms with Crippen molar-refractivity contribution in [1.82, 2.24) is 0 Å². The molecule has 0 N–H and O–H groups in total. The molecular formula is C23H33F3. The molecule has 2 fully saturated rings. The fourth-order valence-electron chi connectivity index (χ4n) is 5.31. The molecule has 0 radical (unpaired) electrons. The van der Waals surface area contributed by atoms with Crippen LogP contribution in [-0.2, 0) is 0 Å². The molecule has 146 valence electrons. The molecule has 0 aromatic heterocycles. The van der Waals surface area contributed by atoms with E-state index in [2.05, 4.69) is 6.92 Å². The maximum Gasteiger partial charge on any atom is 0.194 e. The Morgan fingerprint density at radius 1 is 0.692 bits per heavy atom. The van der Waals surface area contributed by atoms with Crippen molar-refractivity contribution in [2.75, 3.05) is 0 Å². The lowest BCUT2D eigenvalue weighted by Crippen LogP contribution is -2.18. The molecule has 1 aromatic rings. The van der Waals surface area contributed by atoms with E-state index in [1.54, 1.807) is 0 Å². The fourth-order valence-corrected chi connectivity index (χ4v) is 5.31. The Morgan fingerprint density at radius 2 is 1.19 bits per heavy atom. The summed E-state index contributed by atoms with van der Waals surface area (Å²) in [6.07, 6.45) is 15.0. The second kappa shape index (κ2) is 9.28. The molecule has 0 heterocycles. The van der Waals surface area contributed by atoms with Gasteiger partial charge in [-0.1, -0.05) is 64.4 Å². The van der Waals surface area contributed by atoms with Crippen LogP contribution in [0, 0.1) is 35.2 Å². The third kappa shape index (κ3) is 4.84. The molecule has 3 heteroatoms. The molecule has 0 spiro atoms. The van der Waals surface area contributed by atoms with E-state index >= 15 is 0 Å². The van der Waals surface area contributed by atoms with Gasteiger partial charge in [0.15, 0.2) is 17.5 Å². The highest BCUT2D eigenvalue weighted by molar-refractivity contribution is 5.24. The van der Waals surface area contributed by atoms with Gasteiger partial charge in [0.05, 0.1) is 0 Å². The minimum Gasteiger partial charge on any atom is -0.204 e. The van der Waals surface area contributed by atoms with E-state index in [-0.39, 0.29) is 5.92 Å². The Morgan fingerprint density at radius 3 is 1.73 bits per heavy atom. The number of benzene rings is 1. The summed E-state index contributed by atoms with van der Waals surface area (Å²) in [4.78, 5) is 0. The van der Waals surface area contributed by atoms with Crippen molar-refractivity contribution in [2.24, 2.45) is 17.8 Å². The highest BCUT2D eigenvalue weighted by atomic mass is 19.2. The smallest absolute Gasteiger partial charge is 0.194 e. The molecule has 0 bridgehead atoms. The molecule has 1 aromatic carbocycles. The van der Waals surface area contributed by atoms with Gasteiger partial charge >= 0.3 is 0 Å². The van der Waals surface area contributed by atoms with Crippen molar-refractivity contribution >= 4 is 0 Å². The van der Waals surface area contributed by atoms with Gasteiger partial charge in [-0.25, -0.2) is 13.2 Å². The van der Waals surface area contributed by atoms with Gasteiger partial charge in [-0.05, 0) is 61.0 Å². The maximum absolute atomic E-state index is 14.0. The van der Waals surface area contributed by atoms with E-state index in [1.807, 2.05) is 0 Å². The minimum absolute atomic E-state index is 0.0471. The highest BCUT2D eigenvalue weighted by Gasteiger charge is 2.27. The van der Waals surface area contributed by atoms with Crippen LogP contribution >= 0.6 is 0 Å². The van der Waals surface area contributed by atoms with Crippen molar-refractivity contribution in [1.29, 1.82) is 0 Å². The van der Waals surface area contributed by atoms with Crippen LogP contribution in [0.1, 0.15) is 95.5 Å². The first kappa shape index (κ1) is 19.8. The summed E-state index contributed by atoms with van der Waals surface area (Å²) in [7, 11) is 0. The Kier molecular flexibility index (Phi) is 7.05. The maximum atomic E-state index is 14.0. The van der Waals surface area contributed by atoms with E-state index < -0.39 is 17.5 Å². The minimum atomic E-state index is -1.32. The fraction of sp³-hybridized carbons (Fsp3) is 0.739. The largest absolute Gasteiger partial charge is 0.204 e. The average Bonchev–Trinajstić information content (AvgIpc) is 2.67. The molecule has 26 heavy (non-hydrogen) atoms. The lowest BCUT2D eigenvalue weighted by Gasteiger charge is -2.32. The number of halogens is 3. The number of hydrogen-bond donors (Lipinski definition) is 0. The highest BCUT2D eigenvalue weighted by Crippen LogP contribution is 2.41. The SMILES string of the molecule is CCCC1CCC(CCC2CCC(c3ccc(F)c(F)c3F)CC2)CC1. The van der Waals surface area contributed by atoms with E-state index in [0.29, 0.717) is 5.56 Å². The van der Waals surface area contributed by atoms with Crippen molar-refractivity contribution in [3.05, 3.63) is 35.1 Å². The topological polar surface area (TPSA) is 0 Å². The molecule has 2 aliphatic carbocycles. The van der Waals surface area contributed by atoms with E-state index in [4.69, 9.17) is 0 Å². The van der Waals surface area contributed by atoms with Gasteiger partial charge in [0.1, 0.15) is 0 Å². The van der Waals surface area contributed by atoms with Gasteiger partial charge in [-0.2, -0.15) is 0 Å². The van der Waals surface area contributed by atoms with Crippen LogP contribution in [-0.4, -0.2) is 0 Å². The lowest BCUT2D eigenvalue weighted by atomic mass is 9.74. The van der Waals surface area contributed by atoms with Gasteiger partial charge in [0.25, 0.3) is 0 Å². The van der Waals surface area contributed by atoms with Gasteiger partial charge in [-0.3, -0.25) is 0 Å². The molecule has 0 atom stereocenters. The molecule has 0 nitrogen and oxygen atoms in total. The van der Waals surface area contributed by atoms with Gasteiger partial charge in [0.2, 0.25) is 0 Å². The molecule has 3 rings (SSSR count). The van der Waals surface area contributed by atoms with Crippen LogP contribution in [0.2, 0.25) is 0 Å². The van der Waals surface area contributed by atoms with Crippen molar-refractivity contribution in [2.45, 2.75) is 89.9 Å². The van der Waals surface area contributed by atoms with Crippen molar-refractivity contribution < 1.29 is 13.2 Å². The summed E-state index contributed by atoms with van der Waals surface area (Å²) in [6.45, 7) is 2.29. The third-order valence-electron chi connectivity index (χ3n) is 7.00. The summed E-state index contributed by atoms with van der Waals surface area (Å²) in [6, 6.07) is 2.50. The Bertz CT molecular complexity index is 567. The summed E-state index contributed by atoms with van der Waals surface area (Å²) in [5.41, 5.74) is 0.372. The Labute approximate surface area is 156 Å². The predicted octanol–water partition coefficient (Wildman–Crippen LogP) is 7.76. The number of rotatable bonds is 6. The van der Waals surface area contributed by atoms with Crippen molar-refractivity contribution in [3.8, 4) is 0 Å². The normalized spacial score (nSPS) is 29.7. The van der Waals surface area contributed by atoms with Crippen LogP contribution in [0.5, 0.6) is 0 Å². The third-order valence-corrected chi connectivity index (χ3v) is 7.00. The second-order valence-corrected chi connectivity index (χ2v) is 8.74. The van der Waals surface area contributed by atoms with Crippen LogP contribution < -0.4 is 0 Å². The molecule has 0 amide bonds. The molecular weight excluding hydrogens is 333 g/mol. The zero-order valence-corrected chi connectivity index (χ0v) is 16.1. The van der Waals surface area contributed by atoms with Gasteiger partial charge < -0.3 is 0 Å². The molecule has 0 aliphatic heterocycles. The summed E-state index contributed by atoms with van der Waals surface area (Å²) in [5, 5.41) is 0. The zero-order valence-electron chi connectivity index (χ0n) is 16.1. The van der Waals surface area contributed by atoms with Crippen LogP contribution in [0.15, 0.2) is 12.1 Å². The Balaban J connectivity index is 1.41. The molecule has 0 unspecified atom stereocenters. The number of hydrogen-bond acceptors (Lipinski definition) is 0. The van der Waals surface area contributed by atoms with Gasteiger partial charge in [-0.15, -0.1) is 0 Å². The predicted molar refractivity (Wildman–Crippen MR) is 101 cm³/mol. The van der Waals surface area contributed by atoms with E-state index in [1.165, 1.54) is 57.4 Å².